The summed E-state index contributed by atoms with van der Waals surface area (Å²) in [6, 6.07) is 0. The third-order valence-corrected chi connectivity index (χ3v) is 0.795. The number of carbonyl (C=O) groups excluding carboxylic acids is 1. The molecule has 1 aliphatic rings. The fraction of sp³-hybridized carbons (Fsp3) is 0.400. The van der Waals surface area contributed by atoms with E-state index in [0.717, 1.165) is 0 Å². The molecule has 0 radical (unpaired) electrons. The second-order valence-electron chi connectivity index (χ2n) is 1.47. The molecular formula is C5H6N2O. The molecule has 1 rings (SSSR count). The van der Waals surface area contributed by atoms with Crippen LogP contribution in [0.2, 0.25) is 0 Å². The van der Waals surface area contributed by atoms with Crippen molar-refractivity contribution < 1.29 is 4.79 Å². The number of hydrogen-bond acceptors (Lipinski definition) is 3. The standard InChI is InChI=1S/C5H6N2O/c8-5-3-6-1-2-7-4-5/h3-4H,1-2H2. The summed E-state index contributed by atoms with van der Waals surface area (Å²) in [5.41, 5.74) is 0. The molecule has 8 heavy (non-hydrogen) atoms. The van der Waals surface area contributed by atoms with Gasteiger partial charge < -0.3 is 0 Å². The molecule has 0 unspecified atom stereocenters. The SMILES string of the molecule is O=C1C=NCCN=C1. The van der Waals surface area contributed by atoms with E-state index in [1.165, 1.54) is 12.4 Å². The molecule has 3 heteroatoms. The Labute approximate surface area is 47.1 Å². The van der Waals surface area contributed by atoms with Crippen molar-refractivity contribution in [2.75, 3.05) is 13.1 Å². The van der Waals surface area contributed by atoms with Crippen molar-refractivity contribution in [1.82, 2.24) is 0 Å². The first kappa shape index (κ1) is 5.15. The number of ketones is 1. The van der Waals surface area contributed by atoms with Gasteiger partial charge in [-0.05, 0) is 0 Å². The average molecular weight is 110 g/mol. The van der Waals surface area contributed by atoms with Crippen LogP contribution in [0, 0.1) is 0 Å². The zero-order valence-electron chi connectivity index (χ0n) is 4.37. The number of hydrogen-bond donors (Lipinski definition) is 0. The van der Waals surface area contributed by atoms with E-state index in [1.807, 2.05) is 0 Å². The summed E-state index contributed by atoms with van der Waals surface area (Å²) in [5, 5.41) is 0. The van der Waals surface area contributed by atoms with E-state index in [2.05, 4.69) is 9.98 Å². The molecule has 1 heterocycles. The lowest BCUT2D eigenvalue weighted by molar-refractivity contribution is -0.106. The Morgan fingerprint density at radius 3 is 2.25 bits per heavy atom. The first-order valence-corrected chi connectivity index (χ1v) is 2.43. The Hall–Kier alpha value is -0.990. The van der Waals surface area contributed by atoms with Gasteiger partial charge >= 0.3 is 0 Å². The number of nitrogens with zero attached hydrogens (tertiary/aromatic N) is 2. The Morgan fingerprint density at radius 2 is 1.75 bits per heavy atom. The largest absolute Gasteiger partial charge is 0.287 e. The summed E-state index contributed by atoms with van der Waals surface area (Å²) in [6.45, 7) is 1.28. The minimum absolute atomic E-state index is 0.109. The van der Waals surface area contributed by atoms with Crippen LogP contribution in [0.25, 0.3) is 0 Å². The first-order chi connectivity index (χ1) is 3.89. The summed E-state index contributed by atoms with van der Waals surface area (Å²) in [4.78, 5) is 17.9. The maximum atomic E-state index is 10.4. The average Bonchev–Trinajstić information content (AvgIpc) is 1.94. The highest BCUT2D eigenvalue weighted by Crippen LogP contribution is 1.77. The zero-order valence-corrected chi connectivity index (χ0v) is 4.37. The number of aliphatic imine (C=N–C) groups is 2. The van der Waals surface area contributed by atoms with Gasteiger partial charge in [0.2, 0.25) is 5.78 Å². The van der Waals surface area contributed by atoms with Crippen molar-refractivity contribution >= 4 is 18.2 Å². The van der Waals surface area contributed by atoms with Crippen LogP contribution < -0.4 is 0 Å². The van der Waals surface area contributed by atoms with Crippen LogP contribution in [0.15, 0.2) is 9.98 Å². The molecule has 3 nitrogen and oxygen atoms in total. The third kappa shape index (κ3) is 1.26. The van der Waals surface area contributed by atoms with E-state index in [9.17, 15) is 4.79 Å². The molecule has 0 bridgehead atoms. The summed E-state index contributed by atoms with van der Waals surface area (Å²) >= 11 is 0. The normalized spacial score (nSPS) is 18.8. The molecule has 0 spiro atoms. The van der Waals surface area contributed by atoms with E-state index in [-0.39, 0.29) is 5.78 Å². The fourth-order valence-corrected chi connectivity index (χ4v) is 0.458. The molecule has 0 saturated heterocycles. The molecule has 0 saturated carbocycles. The van der Waals surface area contributed by atoms with Gasteiger partial charge in [0.1, 0.15) is 0 Å². The van der Waals surface area contributed by atoms with Crippen molar-refractivity contribution in [2.45, 2.75) is 0 Å². The van der Waals surface area contributed by atoms with Crippen molar-refractivity contribution in [1.29, 1.82) is 0 Å². The molecule has 0 aromatic heterocycles. The fourth-order valence-electron chi connectivity index (χ4n) is 0.458. The lowest BCUT2D eigenvalue weighted by atomic mass is 10.5. The summed E-state index contributed by atoms with van der Waals surface area (Å²) in [6.07, 6.45) is 2.60. The van der Waals surface area contributed by atoms with Gasteiger partial charge in [-0.15, -0.1) is 0 Å². The van der Waals surface area contributed by atoms with Crippen LogP contribution in [0.3, 0.4) is 0 Å². The van der Waals surface area contributed by atoms with Gasteiger partial charge in [0, 0.05) is 0 Å². The number of rotatable bonds is 0. The summed E-state index contributed by atoms with van der Waals surface area (Å²) in [7, 11) is 0. The molecule has 0 amide bonds. The second kappa shape index (κ2) is 2.35. The Bertz CT molecular complexity index is 133. The highest BCUT2D eigenvalue weighted by atomic mass is 16.1. The van der Waals surface area contributed by atoms with Gasteiger partial charge in [0.05, 0.1) is 25.5 Å². The van der Waals surface area contributed by atoms with Crippen LogP contribution in [0.1, 0.15) is 0 Å². The molecule has 0 aromatic rings. The molecule has 1 aliphatic heterocycles. The predicted octanol–water partition coefficient (Wildman–Crippen LogP) is -0.289. The number of Topliss-reactive ketones (excluding diaryl/α,β-unsaturated/α-hetero) is 1. The van der Waals surface area contributed by atoms with E-state index in [0.29, 0.717) is 13.1 Å². The molecule has 0 atom stereocenters. The van der Waals surface area contributed by atoms with Gasteiger partial charge in [-0.25, -0.2) is 0 Å². The maximum Gasteiger partial charge on any atom is 0.214 e. The van der Waals surface area contributed by atoms with Crippen LogP contribution in [0.4, 0.5) is 0 Å². The van der Waals surface area contributed by atoms with Crippen LogP contribution >= 0.6 is 0 Å². The Morgan fingerprint density at radius 1 is 1.25 bits per heavy atom. The van der Waals surface area contributed by atoms with Crippen LogP contribution in [-0.2, 0) is 4.79 Å². The van der Waals surface area contributed by atoms with Gasteiger partial charge in [-0.2, -0.15) is 0 Å². The van der Waals surface area contributed by atoms with Gasteiger partial charge in [0.15, 0.2) is 0 Å². The topological polar surface area (TPSA) is 41.8 Å². The van der Waals surface area contributed by atoms with Crippen molar-refractivity contribution in [3.63, 3.8) is 0 Å². The molecular weight excluding hydrogens is 104 g/mol. The molecule has 0 fully saturated rings. The summed E-state index contributed by atoms with van der Waals surface area (Å²) < 4.78 is 0. The minimum atomic E-state index is -0.109. The van der Waals surface area contributed by atoms with Crippen LogP contribution in [0.5, 0.6) is 0 Å². The highest BCUT2D eigenvalue weighted by Gasteiger charge is 1.92. The van der Waals surface area contributed by atoms with E-state index in [4.69, 9.17) is 0 Å². The monoisotopic (exact) mass is 110 g/mol. The smallest absolute Gasteiger partial charge is 0.214 e. The van der Waals surface area contributed by atoms with E-state index in [1.54, 1.807) is 0 Å². The van der Waals surface area contributed by atoms with Crippen molar-refractivity contribution in [3.05, 3.63) is 0 Å². The maximum absolute atomic E-state index is 10.4. The summed E-state index contributed by atoms with van der Waals surface area (Å²) in [5.74, 6) is -0.109. The quantitative estimate of drug-likeness (QED) is 0.422. The first-order valence-electron chi connectivity index (χ1n) is 2.43. The molecule has 42 valence electrons. The number of carbonyl (C=O) groups is 1. The lowest BCUT2D eigenvalue weighted by Crippen LogP contribution is -1.97. The second-order valence-corrected chi connectivity index (χ2v) is 1.47. The van der Waals surface area contributed by atoms with E-state index >= 15 is 0 Å². The zero-order chi connectivity index (χ0) is 5.82. The highest BCUT2D eigenvalue weighted by molar-refractivity contribution is 6.53. The van der Waals surface area contributed by atoms with Gasteiger partial charge in [-0.3, -0.25) is 14.8 Å². The van der Waals surface area contributed by atoms with Crippen molar-refractivity contribution in [2.24, 2.45) is 9.98 Å². The van der Waals surface area contributed by atoms with Gasteiger partial charge in [0.25, 0.3) is 0 Å². The Balaban J connectivity index is 2.64. The van der Waals surface area contributed by atoms with Gasteiger partial charge in [-0.1, -0.05) is 0 Å². The third-order valence-electron chi connectivity index (χ3n) is 0.795. The molecule has 0 aliphatic carbocycles. The Kier molecular flexibility index (Phi) is 1.51. The molecule has 0 aromatic carbocycles. The van der Waals surface area contributed by atoms with Crippen molar-refractivity contribution in [3.8, 4) is 0 Å². The lowest BCUT2D eigenvalue weighted by Gasteiger charge is -1.77. The minimum Gasteiger partial charge on any atom is -0.287 e. The van der Waals surface area contributed by atoms with E-state index < -0.39 is 0 Å². The predicted molar refractivity (Wildman–Crippen MR) is 31.7 cm³/mol. The van der Waals surface area contributed by atoms with Crippen LogP contribution in [-0.4, -0.2) is 31.3 Å². The molecule has 0 N–H and O–H groups in total.